The second kappa shape index (κ2) is 6.20. The summed E-state index contributed by atoms with van der Waals surface area (Å²) in [5.41, 5.74) is 0.0357. The molecule has 1 heterocycles. The Morgan fingerprint density at radius 3 is 2.71 bits per heavy atom. The van der Waals surface area contributed by atoms with Gasteiger partial charge in [0, 0.05) is 25.8 Å². The summed E-state index contributed by atoms with van der Waals surface area (Å²) in [7, 11) is 1.59. The largest absolute Gasteiger partial charge is 0.383 e. The molecule has 0 saturated heterocycles. The van der Waals surface area contributed by atoms with E-state index in [0.717, 1.165) is 0 Å². The Labute approximate surface area is 100 Å². The molecule has 0 saturated carbocycles. The number of nitrogens with zero attached hydrogens (tertiary/aromatic N) is 1. The third kappa shape index (κ3) is 3.71. The number of carbonyl (C=O) groups is 1. The third-order valence-electron chi connectivity index (χ3n) is 2.42. The first kappa shape index (κ1) is 13.4. The molecule has 0 spiro atoms. The summed E-state index contributed by atoms with van der Waals surface area (Å²) in [6, 6.07) is 4.61. The highest BCUT2D eigenvalue weighted by atomic mass is 16.5. The molecule has 94 valence electrons. The molecule has 1 amide bonds. The van der Waals surface area contributed by atoms with Crippen molar-refractivity contribution in [3.8, 4) is 0 Å². The third-order valence-corrected chi connectivity index (χ3v) is 2.42. The first-order valence-corrected chi connectivity index (χ1v) is 5.55. The average molecular weight is 238 g/mol. The number of H-pyrrole nitrogens is 1. The fraction of sp³-hybridized carbons (Fsp3) is 0.500. The Kier molecular flexibility index (Phi) is 4.90. The van der Waals surface area contributed by atoms with Crippen molar-refractivity contribution in [3.05, 3.63) is 34.2 Å². The normalized spacial score (nSPS) is 10.6. The van der Waals surface area contributed by atoms with Crippen molar-refractivity contribution in [2.45, 2.75) is 19.9 Å². The van der Waals surface area contributed by atoms with Crippen LogP contribution in [-0.2, 0) is 4.74 Å². The lowest BCUT2D eigenvalue weighted by Gasteiger charge is -2.26. The number of carbonyl (C=O) groups excluding carboxylic acids is 1. The molecule has 5 heteroatoms. The maximum Gasteiger partial charge on any atom is 0.270 e. The zero-order valence-corrected chi connectivity index (χ0v) is 10.4. The summed E-state index contributed by atoms with van der Waals surface area (Å²) in [6.45, 7) is 4.83. The first-order valence-electron chi connectivity index (χ1n) is 5.55. The van der Waals surface area contributed by atoms with E-state index in [1.807, 2.05) is 13.8 Å². The summed E-state index contributed by atoms with van der Waals surface area (Å²) in [5, 5.41) is 0. The molecule has 1 rings (SSSR count). The van der Waals surface area contributed by atoms with Gasteiger partial charge in [-0.15, -0.1) is 0 Å². The minimum atomic E-state index is -0.272. The molecule has 1 aromatic heterocycles. The van der Waals surface area contributed by atoms with E-state index in [1.165, 1.54) is 6.07 Å². The van der Waals surface area contributed by atoms with Gasteiger partial charge >= 0.3 is 0 Å². The Morgan fingerprint density at radius 1 is 1.47 bits per heavy atom. The molecular weight excluding hydrogens is 220 g/mol. The Hall–Kier alpha value is -1.62. The molecule has 0 aliphatic rings. The Balaban J connectivity index is 2.87. The van der Waals surface area contributed by atoms with Crippen LogP contribution in [0.25, 0.3) is 0 Å². The number of pyridine rings is 1. The predicted octanol–water partition coefficient (Wildman–Crippen LogP) is 0.872. The molecule has 17 heavy (non-hydrogen) atoms. The van der Waals surface area contributed by atoms with Crippen molar-refractivity contribution < 1.29 is 9.53 Å². The molecule has 0 radical (unpaired) electrons. The topological polar surface area (TPSA) is 62.4 Å². The zero-order chi connectivity index (χ0) is 12.8. The van der Waals surface area contributed by atoms with E-state index in [0.29, 0.717) is 18.8 Å². The smallest absolute Gasteiger partial charge is 0.270 e. The van der Waals surface area contributed by atoms with Gasteiger partial charge in [0.2, 0.25) is 5.56 Å². The van der Waals surface area contributed by atoms with E-state index < -0.39 is 0 Å². The molecule has 1 N–H and O–H groups in total. The highest BCUT2D eigenvalue weighted by Gasteiger charge is 2.18. The summed E-state index contributed by atoms with van der Waals surface area (Å²) >= 11 is 0. The lowest BCUT2D eigenvalue weighted by Crippen LogP contribution is -2.40. The molecule has 0 atom stereocenters. The van der Waals surface area contributed by atoms with Gasteiger partial charge in [0.15, 0.2) is 0 Å². The number of aromatic amines is 1. The van der Waals surface area contributed by atoms with Crippen molar-refractivity contribution in [2.75, 3.05) is 20.3 Å². The minimum absolute atomic E-state index is 0.0568. The summed E-state index contributed by atoms with van der Waals surface area (Å²) < 4.78 is 4.97. The zero-order valence-electron chi connectivity index (χ0n) is 10.4. The van der Waals surface area contributed by atoms with E-state index in [1.54, 1.807) is 24.1 Å². The number of aromatic nitrogens is 1. The predicted molar refractivity (Wildman–Crippen MR) is 65.1 cm³/mol. The van der Waals surface area contributed by atoms with Gasteiger partial charge in [-0.05, 0) is 19.9 Å². The fourth-order valence-electron chi connectivity index (χ4n) is 1.51. The molecule has 0 fully saturated rings. The maximum absolute atomic E-state index is 12.1. The highest BCUT2D eigenvalue weighted by Crippen LogP contribution is 2.04. The summed E-state index contributed by atoms with van der Waals surface area (Å²) in [4.78, 5) is 27.5. The van der Waals surface area contributed by atoms with Gasteiger partial charge in [-0.1, -0.05) is 6.07 Å². The first-order chi connectivity index (χ1) is 8.06. The second-order valence-electron chi connectivity index (χ2n) is 4.01. The van der Waals surface area contributed by atoms with Crippen LogP contribution in [0.2, 0.25) is 0 Å². The van der Waals surface area contributed by atoms with Gasteiger partial charge in [-0.3, -0.25) is 9.59 Å². The molecule has 0 unspecified atom stereocenters. The molecule has 0 aliphatic heterocycles. The van der Waals surface area contributed by atoms with Gasteiger partial charge in [-0.2, -0.15) is 0 Å². The Bertz CT molecular complexity index is 426. The van der Waals surface area contributed by atoms with Crippen LogP contribution in [0.15, 0.2) is 23.0 Å². The minimum Gasteiger partial charge on any atom is -0.383 e. The number of hydrogen-bond donors (Lipinski definition) is 1. The highest BCUT2D eigenvalue weighted by molar-refractivity contribution is 5.92. The van der Waals surface area contributed by atoms with Crippen molar-refractivity contribution in [1.82, 2.24) is 9.88 Å². The van der Waals surface area contributed by atoms with Crippen LogP contribution in [0.1, 0.15) is 24.3 Å². The van der Waals surface area contributed by atoms with Crippen LogP contribution in [0.4, 0.5) is 0 Å². The number of hydrogen-bond acceptors (Lipinski definition) is 3. The van der Waals surface area contributed by atoms with E-state index in [-0.39, 0.29) is 17.5 Å². The van der Waals surface area contributed by atoms with Gasteiger partial charge in [0.1, 0.15) is 5.69 Å². The van der Waals surface area contributed by atoms with E-state index in [9.17, 15) is 9.59 Å². The molecule has 0 aromatic carbocycles. The number of ether oxygens (including phenoxy) is 1. The maximum atomic E-state index is 12.1. The van der Waals surface area contributed by atoms with Crippen molar-refractivity contribution in [2.24, 2.45) is 0 Å². The number of methoxy groups -OCH3 is 1. The average Bonchev–Trinajstić information content (AvgIpc) is 2.29. The van der Waals surface area contributed by atoms with Crippen LogP contribution in [0.3, 0.4) is 0 Å². The van der Waals surface area contributed by atoms with Crippen LogP contribution < -0.4 is 5.56 Å². The monoisotopic (exact) mass is 238 g/mol. The van der Waals surface area contributed by atoms with E-state index in [4.69, 9.17) is 4.74 Å². The van der Waals surface area contributed by atoms with E-state index in [2.05, 4.69) is 4.98 Å². The van der Waals surface area contributed by atoms with Crippen LogP contribution >= 0.6 is 0 Å². The molecule has 0 aliphatic carbocycles. The van der Waals surface area contributed by atoms with Crippen LogP contribution in [-0.4, -0.2) is 42.1 Å². The number of amides is 1. The standard InChI is InChI=1S/C12H18N2O3/c1-9(2)14(7-8-17-3)12(16)10-5-4-6-11(15)13-10/h4-6,9H,7-8H2,1-3H3,(H,13,15). The van der Waals surface area contributed by atoms with Gasteiger partial charge < -0.3 is 14.6 Å². The number of nitrogens with one attached hydrogen (secondary N) is 1. The van der Waals surface area contributed by atoms with Crippen molar-refractivity contribution in [3.63, 3.8) is 0 Å². The van der Waals surface area contributed by atoms with Gasteiger partial charge in [0.05, 0.1) is 6.61 Å². The van der Waals surface area contributed by atoms with Crippen LogP contribution in [0, 0.1) is 0 Å². The van der Waals surface area contributed by atoms with Gasteiger partial charge in [0.25, 0.3) is 5.91 Å². The lowest BCUT2D eigenvalue weighted by molar-refractivity contribution is 0.0629. The van der Waals surface area contributed by atoms with E-state index >= 15 is 0 Å². The molecule has 1 aromatic rings. The van der Waals surface area contributed by atoms with Crippen LogP contribution in [0.5, 0.6) is 0 Å². The van der Waals surface area contributed by atoms with Gasteiger partial charge in [-0.25, -0.2) is 0 Å². The molecule has 5 nitrogen and oxygen atoms in total. The second-order valence-corrected chi connectivity index (χ2v) is 4.01. The number of rotatable bonds is 5. The van der Waals surface area contributed by atoms with Crippen molar-refractivity contribution in [1.29, 1.82) is 0 Å². The molecular formula is C12H18N2O3. The fourth-order valence-corrected chi connectivity index (χ4v) is 1.51. The SMILES string of the molecule is COCCN(C(=O)c1cccc(=O)[nH]1)C(C)C. The Morgan fingerprint density at radius 2 is 2.18 bits per heavy atom. The molecule has 0 bridgehead atoms. The lowest BCUT2D eigenvalue weighted by atomic mass is 10.2. The quantitative estimate of drug-likeness (QED) is 0.828. The summed E-state index contributed by atoms with van der Waals surface area (Å²) in [5.74, 6) is -0.185. The van der Waals surface area contributed by atoms with Crippen molar-refractivity contribution >= 4 is 5.91 Å². The summed E-state index contributed by atoms with van der Waals surface area (Å²) in [6.07, 6.45) is 0.